The number of esters is 1. The van der Waals surface area contributed by atoms with Gasteiger partial charge in [-0.2, -0.15) is 0 Å². The van der Waals surface area contributed by atoms with E-state index < -0.39 is 0 Å². The fourth-order valence-corrected chi connectivity index (χ4v) is 4.55. The molecule has 0 spiro atoms. The van der Waals surface area contributed by atoms with Gasteiger partial charge in [-0.3, -0.25) is 0 Å². The molecule has 1 aliphatic rings. The van der Waals surface area contributed by atoms with Gasteiger partial charge >= 0.3 is 5.97 Å². The summed E-state index contributed by atoms with van der Waals surface area (Å²) in [6.07, 6.45) is 3.54. The number of ether oxygens (including phenoxy) is 1. The summed E-state index contributed by atoms with van der Waals surface area (Å²) in [6.45, 7) is 0.174. The molecule has 33 heavy (non-hydrogen) atoms. The first-order chi connectivity index (χ1) is 16.0. The van der Waals surface area contributed by atoms with E-state index in [1.807, 2.05) is 48.5 Å². The Hall–Kier alpha value is -2.85. The second-order valence-corrected chi connectivity index (χ2v) is 9.13. The molecule has 6 heteroatoms. The highest BCUT2D eigenvalue weighted by Gasteiger charge is 2.27. The summed E-state index contributed by atoms with van der Waals surface area (Å²) in [7, 11) is 0. The molecule has 5 rings (SSSR count). The summed E-state index contributed by atoms with van der Waals surface area (Å²) in [4.78, 5) is 18.2. The lowest BCUT2D eigenvalue weighted by molar-refractivity contribution is 0.0474. The maximum atomic E-state index is 13.3. The van der Waals surface area contributed by atoms with Crippen molar-refractivity contribution < 1.29 is 9.53 Å². The Labute approximate surface area is 206 Å². The molecule has 1 aromatic heterocycles. The van der Waals surface area contributed by atoms with E-state index in [1.165, 1.54) is 0 Å². The quantitative estimate of drug-likeness (QED) is 0.269. The molecule has 164 valence electrons. The number of carbonyl (C=O) groups is 1. The van der Waals surface area contributed by atoms with Crippen LogP contribution in [0.1, 0.15) is 39.2 Å². The number of nitrogens with zero attached hydrogens (tertiary/aromatic N) is 1. The van der Waals surface area contributed by atoms with Crippen LogP contribution < -0.4 is 0 Å². The van der Waals surface area contributed by atoms with Crippen LogP contribution in [0.5, 0.6) is 0 Å². The summed E-state index contributed by atoms with van der Waals surface area (Å²) in [5, 5.41) is 2.46. The zero-order valence-corrected chi connectivity index (χ0v) is 19.7. The molecule has 1 heterocycles. The zero-order valence-electron chi connectivity index (χ0n) is 17.4. The zero-order chi connectivity index (χ0) is 22.9. The Morgan fingerprint density at radius 2 is 1.73 bits per heavy atom. The molecule has 0 atom stereocenters. The number of para-hydroxylation sites is 1. The molecule has 0 amide bonds. The molecular weight excluding hydrogens is 477 g/mol. The highest BCUT2D eigenvalue weighted by molar-refractivity contribution is 6.42. The Bertz CT molecular complexity index is 1410. The van der Waals surface area contributed by atoms with Gasteiger partial charge in [0.05, 0.1) is 26.8 Å². The highest BCUT2D eigenvalue weighted by Crippen LogP contribution is 2.38. The van der Waals surface area contributed by atoms with Crippen molar-refractivity contribution in [1.29, 1.82) is 0 Å². The average molecular weight is 495 g/mol. The summed E-state index contributed by atoms with van der Waals surface area (Å²) < 4.78 is 5.71. The maximum Gasteiger partial charge on any atom is 0.339 e. The first kappa shape index (κ1) is 22.0. The highest BCUT2D eigenvalue weighted by atomic mass is 35.5. The largest absolute Gasteiger partial charge is 0.457 e. The number of hydrogen-bond acceptors (Lipinski definition) is 3. The molecule has 0 radical (unpaired) electrons. The van der Waals surface area contributed by atoms with Gasteiger partial charge in [-0.15, -0.1) is 0 Å². The van der Waals surface area contributed by atoms with Crippen molar-refractivity contribution in [2.75, 3.05) is 0 Å². The number of benzene rings is 3. The number of aromatic nitrogens is 1. The van der Waals surface area contributed by atoms with Gasteiger partial charge in [0.15, 0.2) is 0 Å². The lowest BCUT2D eigenvalue weighted by Gasteiger charge is -2.12. The van der Waals surface area contributed by atoms with Crippen LogP contribution in [0, 0.1) is 0 Å². The van der Waals surface area contributed by atoms with Crippen LogP contribution in [-0.2, 0) is 17.8 Å². The monoisotopic (exact) mass is 493 g/mol. The van der Waals surface area contributed by atoms with E-state index in [9.17, 15) is 4.79 Å². The lowest BCUT2D eigenvalue weighted by Crippen LogP contribution is -2.10. The SMILES string of the molecule is O=C(OCc1ccc(Cl)cc1)c1c2c(nc3ccccc13)/C(=C/c1ccc(Cl)c(Cl)c1)CC2. The molecule has 0 N–H and O–H groups in total. The topological polar surface area (TPSA) is 39.2 Å². The fourth-order valence-electron chi connectivity index (χ4n) is 4.12. The Kier molecular flexibility index (Phi) is 6.11. The molecule has 4 aromatic rings. The normalized spacial score (nSPS) is 14.0. The Morgan fingerprint density at radius 1 is 0.939 bits per heavy atom. The van der Waals surface area contributed by atoms with Crippen LogP contribution >= 0.6 is 34.8 Å². The summed E-state index contributed by atoms with van der Waals surface area (Å²) in [6, 6.07) is 20.5. The Balaban J connectivity index is 1.54. The number of carbonyl (C=O) groups excluding carboxylic acids is 1. The van der Waals surface area contributed by atoms with E-state index in [4.69, 9.17) is 44.5 Å². The number of hydrogen-bond donors (Lipinski definition) is 0. The third kappa shape index (κ3) is 4.49. The number of pyridine rings is 1. The van der Waals surface area contributed by atoms with Gasteiger partial charge in [0.1, 0.15) is 6.61 Å². The molecule has 0 fully saturated rings. The maximum absolute atomic E-state index is 13.3. The van der Waals surface area contributed by atoms with Gasteiger partial charge in [-0.05, 0) is 71.5 Å². The second kappa shape index (κ2) is 9.18. The smallest absolute Gasteiger partial charge is 0.339 e. The molecule has 3 aromatic carbocycles. The van der Waals surface area contributed by atoms with Crippen molar-refractivity contribution in [3.8, 4) is 0 Å². The van der Waals surface area contributed by atoms with Gasteiger partial charge in [-0.25, -0.2) is 9.78 Å². The predicted octanol–water partition coefficient (Wildman–Crippen LogP) is 8.04. The van der Waals surface area contributed by atoms with Crippen LogP contribution in [0.2, 0.25) is 15.1 Å². The molecule has 0 aliphatic heterocycles. The van der Waals surface area contributed by atoms with Gasteiger partial charge in [0.2, 0.25) is 0 Å². The lowest BCUT2D eigenvalue weighted by atomic mass is 10.0. The van der Waals surface area contributed by atoms with Crippen molar-refractivity contribution in [3.05, 3.63) is 110 Å². The summed E-state index contributed by atoms with van der Waals surface area (Å²) in [5.74, 6) is -0.351. The standard InChI is InChI=1S/C27H18Cl3NO2/c28-19-9-5-16(6-10-19)15-33-27(32)25-20-3-1-2-4-24(20)31-26-18(8-11-21(25)26)13-17-7-12-22(29)23(30)14-17/h1-7,9-10,12-14H,8,11,15H2/b18-13+. The van der Waals surface area contributed by atoms with Crippen molar-refractivity contribution in [2.45, 2.75) is 19.4 Å². The molecular formula is C27H18Cl3NO2. The minimum atomic E-state index is -0.351. The van der Waals surface area contributed by atoms with Gasteiger partial charge < -0.3 is 4.74 Å². The molecule has 0 unspecified atom stereocenters. The second-order valence-electron chi connectivity index (χ2n) is 7.88. The number of rotatable bonds is 4. The Morgan fingerprint density at radius 3 is 2.52 bits per heavy atom. The van der Waals surface area contributed by atoms with Crippen LogP contribution in [0.4, 0.5) is 0 Å². The average Bonchev–Trinajstić information content (AvgIpc) is 3.21. The number of allylic oxidation sites excluding steroid dienone is 1. The minimum Gasteiger partial charge on any atom is -0.457 e. The molecule has 1 aliphatic carbocycles. The van der Waals surface area contributed by atoms with Crippen molar-refractivity contribution >= 4 is 63.3 Å². The van der Waals surface area contributed by atoms with Crippen LogP contribution in [0.3, 0.4) is 0 Å². The van der Waals surface area contributed by atoms with Crippen molar-refractivity contribution in [3.63, 3.8) is 0 Å². The van der Waals surface area contributed by atoms with E-state index in [0.29, 0.717) is 27.1 Å². The minimum absolute atomic E-state index is 0.174. The van der Waals surface area contributed by atoms with E-state index in [0.717, 1.165) is 45.3 Å². The van der Waals surface area contributed by atoms with E-state index in [1.54, 1.807) is 18.2 Å². The van der Waals surface area contributed by atoms with Crippen LogP contribution in [0.15, 0.2) is 66.7 Å². The van der Waals surface area contributed by atoms with Gasteiger partial charge in [-0.1, -0.05) is 71.2 Å². The van der Waals surface area contributed by atoms with Gasteiger partial charge in [0, 0.05) is 10.4 Å². The first-order valence-electron chi connectivity index (χ1n) is 10.5. The first-order valence-corrected chi connectivity index (χ1v) is 11.6. The van der Waals surface area contributed by atoms with Crippen molar-refractivity contribution in [1.82, 2.24) is 4.98 Å². The summed E-state index contributed by atoms with van der Waals surface area (Å²) >= 11 is 18.2. The molecule has 0 bridgehead atoms. The molecule has 3 nitrogen and oxygen atoms in total. The summed E-state index contributed by atoms with van der Waals surface area (Å²) in [5.41, 5.74) is 5.97. The van der Waals surface area contributed by atoms with Gasteiger partial charge in [0.25, 0.3) is 0 Å². The van der Waals surface area contributed by atoms with Crippen molar-refractivity contribution in [2.24, 2.45) is 0 Å². The van der Waals surface area contributed by atoms with E-state index in [-0.39, 0.29) is 12.6 Å². The van der Waals surface area contributed by atoms with Crippen LogP contribution in [-0.4, -0.2) is 11.0 Å². The third-order valence-electron chi connectivity index (χ3n) is 5.71. The third-order valence-corrected chi connectivity index (χ3v) is 6.70. The van der Waals surface area contributed by atoms with Crippen LogP contribution in [0.25, 0.3) is 22.6 Å². The predicted molar refractivity (Wildman–Crippen MR) is 135 cm³/mol. The number of halogens is 3. The fraction of sp³-hybridized carbons (Fsp3) is 0.111. The van der Waals surface area contributed by atoms with E-state index in [2.05, 4.69) is 6.08 Å². The molecule has 0 saturated heterocycles. The van der Waals surface area contributed by atoms with E-state index >= 15 is 0 Å². The molecule has 0 saturated carbocycles. The number of fused-ring (bicyclic) bond motifs is 2.